The van der Waals surface area contributed by atoms with Crippen LogP contribution in [0.15, 0.2) is 0 Å². The molecule has 146 valence electrons. The maximum absolute atomic E-state index is 11.1. The lowest BCUT2D eigenvalue weighted by molar-refractivity contribution is -0.143. The van der Waals surface area contributed by atoms with E-state index in [0.717, 1.165) is 0 Å². The third-order valence-corrected chi connectivity index (χ3v) is 4.39. The largest absolute Gasteiger partial charge is 0.480 e. The summed E-state index contributed by atoms with van der Waals surface area (Å²) in [5, 5.41) is 27.3. The molecule has 2 atom stereocenters. The zero-order valence-electron chi connectivity index (χ0n) is 15.5. The fourth-order valence-corrected chi connectivity index (χ4v) is 2.56. The maximum atomic E-state index is 11.1. The number of hydrogen-bond donors (Lipinski definition) is 3. The molecule has 0 aromatic carbocycles. The van der Waals surface area contributed by atoms with Gasteiger partial charge in [0.15, 0.2) is 0 Å². The van der Waals surface area contributed by atoms with Gasteiger partial charge in [0.05, 0.1) is 6.54 Å². The van der Waals surface area contributed by atoms with Crippen LogP contribution in [-0.4, -0.2) is 106 Å². The van der Waals surface area contributed by atoms with Crippen LogP contribution in [0.3, 0.4) is 0 Å². The molecule has 9 nitrogen and oxygen atoms in total. The molecule has 0 amide bonds. The molecule has 2 unspecified atom stereocenters. The second-order valence-corrected chi connectivity index (χ2v) is 5.96. The third-order valence-electron chi connectivity index (χ3n) is 4.39. The first-order valence-electron chi connectivity index (χ1n) is 8.51. The molecule has 0 rings (SSSR count). The lowest BCUT2D eigenvalue weighted by Crippen LogP contribution is -2.47. The second kappa shape index (κ2) is 11.8. The van der Waals surface area contributed by atoms with E-state index in [1.807, 2.05) is 13.8 Å². The number of hydrogen-bond acceptors (Lipinski definition) is 6. The molecule has 0 aromatic heterocycles. The van der Waals surface area contributed by atoms with Gasteiger partial charge in [-0.3, -0.25) is 29.1 Å². The summed E-state index contributed by atoms with van der Waals surface area (Å²) in [5.74, 6) is -2.80. The van der Waals surface area contributed by atoms with E-state index >= 15 is 0 Å². The number of carboxylic acid groups (broad SMARTS) is 3. The van der Waals surface area contributed by atoms with Crippen LogP contribution < -0.4 is 0 Å². The Morgan fingerprint density at radius 2 is 1.12 bits per heavy atom. The van der Waals surface area contributed by atoms with E-state index < -0.39 is 30.0 Å². The first-order valence-corrected chi connectivity index (χ1v) is 8.51. The van der Waals surface area contributed by atoms with Gasteiger partial charge in [-0.1, -0.05) is 13.8 Å². The summed E-state index contributed by atoms with van der Waals surface area (Å²) in [4.78, 5) is 38.5. The van der Waals surface area contributed by atoms with Gasteiger partial charge in [-0.2, -0.15) is 0 Å². The van der Waals surface area contributed by atoms with Crippen molar-refractivity contribution in [3.8, 4) is 0 Å². The van der Waals surface area contributed by atoms with Crippen LogP contribution in [0.2, 0.25) is 0 Å². The predicted octanol–water partition coefficient (Wildman–Crippen LogP) is -0.0370. The Kier molecular flexibility index (Phi) is 11.0. The molecule has 0 aromatic rings. The first kappa shape index (κ1) is 23.3. The highest BCUT2D eigenvalue weighted by Crippen LogP contribution is 2.03. The molecular weight excluding hydrogens is 330 g/mol. The van der Waals surface area contributed by atoms with Gasteiger partial charge in [-0.25, -0.2) is 0 Å². The molecule has 0 aliphatic carbocycles. The zero-order valence-corrected chi connectivity index (χ0v) is 15.5. The second-order valence-electron chi connectivity index (χ2n) is 5.96. The highest BCUT2D eigenvalue weighted by atomic mass is 16.4. The van der Waals surface area contributed by atoms with E-state index in [4.69, 9.17) is 15.3 Å². The Hall–Kier alpha value is -1.71. The SMILES string of the molecule is CCN(CCN(CCN(CC)C(C)C(=O)O)CC(=O)O)C(C)C(=O)O. The summed E-state index contributed by atoms with van der Waals surface area (Å²) < 4.78 is 0. The quantitative estimate of drug-likeness (QED) is 0.391. The highest BCUT2D eigenvalue weighted by Gasteiger charge is 2.22. The molecule has 0 saturated carbocycles. The molecule has 0 spiro atoms. The van der Waals surface area contributed by atoms with Gasteiger partial charge in [0.1, 0.15) is 12.1 Å². The van der Waals surface area contributed by atoms with E-state index in [1.54, 1.807) is 28.5 Å². The molecule has 9 heteroatoms. The number of nitrogens with zero attached hydrogens (tertiary/aromatic N) is 3. The molecule has 25 heavy (non-hydrogen) atoms. The normalized spacial score (nSPS) is 14.0. The summed E-state index contributed by atoms with van der Waals surface area (Å²) in [7, 11) is 0. The lowest BCUT2D eigenvalue weighted by Gasteiger charge is -2.31. The van der Waals surface area contributed by atoms with Crippen molar-refractivity contribution in [2.75, 3.05) is 45.8 Å². The lowest BCUT2D eigenvalue weighted by atomic mass is 10.2. The van der Waals surface area contributed by atoms with Crippen LogP contribution in [0.1, 0.15) is 27.7 Å². The number of carbonyl (C=O) groups is 3. The van der Waals surface area contributed by atoms with Gasteiger partial charge in [-0.05, 0) is 26.9 Å². The fraction of sp³-hybridized carbons (Fsp3) is 0.812. The van der Waals surface area contributed by atoms with Crippen molar-refractivity contribution in [1.29, 1.82) is 0 Å². The molecule has 0 bridgehead atoms. The van der Waals surface area contributed by atoms with E-state index in [0.29, 0.717) is 39.3 Å². The minimum atomic E-state index is -0.969. The first-order chi connectivity index (χ1) is 11.6. The van der Waals surface area contributed by atoms with E-state index in [9.17, 15) is 14.4 Å². The number of likely N-dealkylation sites (N-methyl/N-ethyl adjacent to an activating group) is 2. The van der Waals surface area contributed by atoms with Crippen molar-refractivity contribution in [1.82, 2.24) is 14.7 Å². The standard InChI is InChI=1S/C16H31N3O6/c1-5-18(12(3)15(22)23)9-7-17(11-14(20)21)8-10-19(6-2)13(4)16(24)25/h12-13H,5-11H2,1-4H3,(H,20,21)(H,22,23)(H,24,25). The van der Waals surface area contributed by atoms with E-state index in [2.05, 4.69) is 0 Å². The van der Waals surface area contributed by atoms with Gasteiger partial charge < -0.3 is 15.3 Å². The van der Waals surface area contributed by atoms with Crippen LogP contribution in [0.25, 0.3) is 0 Å². The van der Waals surface area contributed by atoms with Crippen molar-refractivity contribution < 1.29 is 29.7 Å². The number of rotatable bonds is 14. The summed E-state index contributed by atoms with van der Waals surface area (Å²) in [5.41, 5.74) is 0. The van der Waals surface area contributed by atoms with Crippen molar-refractivity contribution in [2.24, 2.45) is 0 Å². The Morgan fingerprint density at radius 1 is 0.760 bits per heavy atom. The Morgan fingerprint density at radius 3 is 1.36 bits per heavy atom. The molecular formula is C16H31N3O6. The molecule has 0 fully saturated rings. The zero-order chi connectivity index (χ0) is 19.6. The van der Waals surface area contributed by atoms with Crippen LogP contribution >= 0.6 is 0 Å². The summed E-state index contributed by atoms with van der Waals surface area (Å²) >= 11 is 0. The molecule has 0 aliphatic rings. The van der Waals surface area contributed by atoms with Gasteiger partial charge in [0.2, 0.25) is 0 Å². The Labute approximate surface area is 148 Å². The third kappa shape index (κ3) is 8.80. The highest BCUT2D eigenvalue weighted by molar-refractivity contribution is 5.73. The van der Waals surface area contributed by atoms with Crippen molar-refractivity contribution in [2.45, 2.75) is 39.8 Å². The van der Waals surface area contributed by atoms with Gasteiger partial charge in [-0.15, -0.1) is 0 Å². The van der Waals surface area contributed by atoms with Crippen LogP contribution in [-0.2, 0) is 14.4 Å². The molecule has 0 heterocycles. The monoisotopic (exact) mass is 361 g/mol. The summed E-state index contributed by atoms with van der Waals surface area (Å²) in [6.45, 7) is 9.49. The summed E-state index contributed by atoms with van der Waals surface area (Å²) in [6, 6.07) is -1.29. The maximum Gasteiger partial charge on any atom is 0.320 e. The van der Waals surface area contributed by atoms with Crippen LogP contribution in [0.5, 0.6) is 0 Å². The van der Waals surface area contributed by atoms with E-state index in [-0.39, 0.29) is 6.54 Å². The average molecular weight is 361 g/mol. The number of carboxylic acids is 3. The molecule has 0 radical (unpaired) electrons. The van der Waals surface area contributed by atoms with Gasteiger partial charge in [0, 0.05) is 26.2 Å². The smallest absolute Gasteiger partial charge is 0.320 e. The molecule has 0 aliphatic heterocycles. The van der Waals surface area contributed by atoms with Crippen molar-refractivity contribution in [3.05, 3.63) is 0 Å². The van der Waals surface area contributed by atoms with Crippen molar-refractivity contribution in [3.63, 3.8) is 0 Å². The van der Waals surface area contributed by atoms with E-state index in [1.165, 1.54) is 0 Å². The topological polar surface area (TPSA) is 122 Å². The van der Waals surface area contributed by atoms with Crippen molar-refractivity contribution >= 4 is 17.9 Å². The Bertz CT molecular complexity index is 414. The molecule has 3 N–H and O–H groups in total. The average Bonchev–Trinajstić information content (AvgIpc) is 2.54. The van der Waals surface area contributed by atoms with Gasteiger partial charge in [0.25, 0.3) is 0 Å². The minimum absolute atomic E-state index is 0.169. The van der Waals surface area contributed by atoms with Gasteiger partial charge >= 0.3 is 17.9 Å². The fourth-order valence-electron chi connectivity index (χ4n) is 2.56. The molecule has 0 saturated heterocycles. The predicted molar refractivity (Wildman–Crippen MR) is 92.8 cm³/mol. The Balaban J connectivity index is 4.76. The minimum Gasteiger partial charge on any atom is -0.480 e. The van der Waals surface area contributed by atoms with Crippen LogP contribution in [0, 0.1) is 0 Å². The summed E-state index contributed by atoms with van der Waals surface area (Å²) in [6.07, 6.45) is 0. The van der Waals surface area contributed by atoms with Crippen LogP contribution in [0.4, 0.5) is 0 Å². The number of aliphatic carboxylic acids is 3.